The third-order valence-corrected chi connectivity index (χ3v) is 6.44. The van der Waals surface area contributed by atoms with Crippen LogP contribution in [-0.2, 0) is 0 Å². The van der Waals surface area contributed by atoms with E-state index in [4.69, 9.17) is 0 Å². The highest BCUT2D eigenvalue weighted by molar-refractivity contribution is 6.08. The van der Waals surface area contributed by atoms with Crippen LogP contribution in [0.1, 0.15) is 116 Å². The monoisotopic (exact) mass is 370 g/mol. The van der Waals surface area contributed by atoms with Crippen molar-refractivity contribution in [3.63, 3.8) is 0 Å². The second-order valence-electron chi connectivity index (χ2n) is 9.04. The molecule has 152 valence electrons. The molecule has 0 unspecified atom stereocenters. The summed E-state index contributed by atoms with van der Waals surface area (Å²) in [6.45, 7) is 5.08. The van der Waals surface area contributed by atoms with Gasteiger partial charge in [-0.2, -0.15) is 0 Å². The molecule has 2 heteroatoms. The highest BCUT2D eigenvalue weighted by Gasteiger charge is 2.12. The lowest BCUT2D eigenvalue weighted by Gasteiger charge is -2.29. The van der Waals surface area contributed by atoms with E-state index in [-0.39, 0.29) is 0 Å². The Bertz CT molecular complexity index is 252. The second-order valence-corrected chi connectivity index (χ2v) is 10.0. The lowest BCUT2D eigenvalue weighted by Crippen LogP contribution is -2.41. The SMILES string of the molecule is CCCCCCCCCCCCCCCCCC[N+](C)(C)CCC[SiH3]. The molecule has 0 bridgehead atoms. The molecule has 0 aliphatic carbocycles. The van der Waals surface area contributed by atoms with Gasteiger partial charge < -0.3 is 4.48 Å². The van der Waals surface area contributed by atoms with Crippen molar-refractivity contribution in [2.45, 2.75) is 122 Å². The molecule has 0 atom stereocenters. The van der Waals surface area contributed by atoms with Gasteiger partial charge >= 0.3 is 0 Å². The lowest BCUT2D eigenvalue weighted by atomic mass is 10.0. The maximum Gasteiger partial charge on any atom is 0.0782 e. The fourth-order valence-corrected chi connectivity index (χ4v) is 4.10. The van der Waals surface area contributed by atoms with Crippen LogP contribution in [0.3, 0.4) is 0 Å². The van der Waals surface area contributed by atoms with Gasteiger partial charge in [-0.3, -0.25) is 0 Å². The summed E-state index contributed by atoms with van der Waals surface area (Å²) in [6, 6.07) is 1.47. The van der Waals surface area contributed by atoms with E-state index in [9.17, 15) is 0 Å². The number of unbranched alkanes of at least 4 members (excludes halogenated alkanes) is 15. The Hall–Kier alpha value is 0.177. The number of rotatable bonds is 20. The molecule has 0 fully saturated rings. The molecule has 0 spiro atoms. The van der Waals surface area contributed by atoms with Gasteiger partial charge in [-0.15, -0.1) is 0 Å². The van der Waals surface area contributed by atoms with E-state index >= 15 is 0 Å². The normalized spacial score (nSPS) is 12.1. The zero-order chi connectivity index (χ0) is 18.6. The van der Waals surface area contributed by atoms with Gasteiger partial charge in [0.05, 0.1) is 27.2 Å². The topological polar surface area (TPSA) is 0 Å². The molecule has 0 amide bonds. The number of hydrogen-bond acceptors (Lipinski definition) is 0. The molecule has 25 heavy (non-hydrogen) atoms. The van der Waals surface area contributed by atoms with Crippen molar-refractivity contribution in [1.29, 1.82) is 0 Å². The van der Waals surface area contributed by atoms with Crippen molar-refractivity contribution in [2.75, 3.05) is 27.2 Å². The van der Waals surface area contributed by atoms with Crippen molar-refractivity contribution in [3.8, 4) is 0 Å². The molecule has 0 saturated heterocycles. The summed E-state index contributed by atoms with van der Waals surface area (Å²) in [5.41, 5.74) is 0. The minimum absolute atomic E-state index is 1.25. The zero-order valence-electron chi connectivity index (χ0n) is 18.6. The van der Waals surface area contributed by atoms with E-state index in [1.54, 1.807) is 0 Å². The molecule has 0 aromatic heterocycles. The van der Waals surface area contributed by atoms with Crippen molar-refractivity contribution in [3.05, 3.63) is 0 Å². The van der Waals surface area contributed by atoms with Gasteiger partial charge in [0, 0.05) is 10.2 Å². The van der Waals surface area contributed by atoms with Crippen LogP contribution >= 0.6 is 0 Å². The van der Waals surface area contributed by atoms with Crippen molar-refractivity contribution in [2.24, 2.45) is 0 Å². The predicted molar refractivity (Wildman–Crippen MR) is 121 cm³/mol. The van der Waals surface area contributed by atoms with E-state index in [0.717, 1.165) is 0 Å². The van der Waals surface area contributed by atoms with Crippen molar-refractivity contribution >= 4 is 10.2 Å². The molecule has 0 aliphatic heterocycles. The zero-order valence-corrected chi connectivity index (χ0v) is 20.6. The Morgan fingerprint density at radius 1 is 0.480 bits per heavy atom. The number of hydrogen-bond donors (Lipinski definition) is 0. The number of nitrogens with zero attached hydrogens (tertiary/aromatic N) is 1. The third kappa shape index (κ3) is 20.3. The predicted octanol–water partition coefficient (Wildman–Crippen LogP) is 6.50. The minimum Gasteiger partial charge on any atom is -0.328 e. The van der Waals surface area contributed by atoms with Gasteiger partial charge in [-0.25, -0.2) is 0 Å². The second kappa shape index (κ2) is 19.0. The van der Waals surface area contributed by atoms with Crippen LogP contribution in [0.25, 0.3) is 0 Å². The van der Waals surface area contributed by atoms with Crippen molar-refractivity contribution < 1.29 is 4.48 Å². The van der Waals surface area contributed by atoms with Crippen LogP contribution in [0.15, 0.2) is 0 Å². The summed E-state index contributed by atoms with van der Waals surface area (Å²) in [5, 5.41) is 0. The summed E-state index contributed by atoms with van der Waals surface area (Å²) in [7, 11) is 6.22. The number of quaternary nitrogens is 1. The van der Waals surface area contributed by atoms with Gasteiger partial charge in [0.2, 0.25) is 0 Å². The van der Waals surface area contributed by atoms with Crippen molar-refractivity contribution in [1.82, 2.24) is 0 Å². The van der Waals surface area contributed by atoms with Crippen LogP contribution in [0, 0.1) is 0 Å². The quantitative estimate of drug-likeness (QED) is 0.130. The maximum atomic E-state index is 2.42. The lowest BCUT2D eigenvalue weighted by molar-refractivity contribution is -0.890. The Morgan fingerprint density at radius 2 is 0.800 bits per heavy atom. The molecule has 0 aliphatic rings. The van der Waals surface area contributed by atoms with E-state index in [1.807, 2.05) is 0 Å². The van der Waals surface area contributed by atoms with Crippen LogP contribution in [0.5, 0.6) is 0 Å². The van der Waals surface area contributed by atoms with Gasteiger partial charge in [0.25, 0.3) is 0 Å². The summed E-state index contributed by atoms with van der Waals surface area (Å²) in [5.74, 6) is 0. The van der Waals surface area contributed by atoms with Crippen LogP contribution < -0.4 is 0 Å². The molecule has 0 rings (SSSR count). The minimum atomic E-state index is 1.25. The van der Waals surface area contributed by atoms with E-state index in [2.05, 4.69) is 21.0 Å². The summed E-state index contributed by atoms with van der Waals surface area (Å²) < 4.78 is 1.25. The summed E-state index contributed by atoms with van der Waals surface area (Å²) in [6.07, 6.45) is 24.9. The fourth-order valence-electron chi connectivity index (χ4n) is 3.79. The standard InChI is InChI=1S/C23H52NSi/c1-4-5-6-7-8-9-10-11-12-13-14-15-16-17-18-19-21-24(2,3)22-20-23-25/h4-23H2,1-3,25H3/q+1. The smallest absolute Gasteiger partial charge is 0.0782 e. The molecule has 1 nitrogen and oxygen atoms in total. The van der Waals surface area contributed by atoms with Gasteiger partial charge in [0.15, 0.2) is 0 Å². The van der Waals surface area contributed by atoms with Gasteiger partial charge in [-0.05, 0) is 19.3 Å². The first-order valence-electron chi connectivity index (χ1n) is 11.9. The molecule has 0 aromatic carbocycles. The van der Waals surface area contributed by atoms with Crippen LogP contribution in [0.2, 0.25) is 6.04 Å². The molecular weight excluding hydrogens is 318 g/mol. The van der Waals surface area contributed by atoms with Gasteiger partial charge in [0.1, 0.15) is 0 Å². The molecular formula is C23H52NSi+. The highest BCUT2D eigenvalue weighted by atomic mass is 28.1. The first-order valence-corrected chi connectivity index (χ1v) is 13.4. The maximum absolute atomic E-state index is 2.42. The van der Waals surface area contributed by atoms with Crippen LogP contribution in [-0.4, -0.2) is 41.9 Å². The average Bonchev–Trinajstić information content (AvgIpc) is 2.59. The van der Waals surface area contributed by atoms with E-state index in [0.29, 0.717) is 0 Å². The highest BCUT2D eigenvalue weighted by Crippen LogP contribution is 2.14. The van der Waals surface area contributed by atoms with E-state index < -0.39 is 0 Å². The first-order chi connectivity index (χ1) is 12.1. The Labute approximate surface area is 164 Å². The first kappa shape index (κ1) is 25.2. The van der Waals surface area contributed by atoms with E-state index in [1.165, 1.54) is 143 Å². The largest absolute Gasteiger partial charge is 0.328 e. The average molecular weight is 371 g/mol. The Morgan fingerprint density at radius 3 is 1.16 bits per heavy atom. The third-order valence-electron chi connectivity index (χ3n) is 5.73. The molecule has 0 saturated carbocycles. The van der Waals surface area contributed by atoms with Crippen LogP contribution in [0.4, 0.5) is 0 Å². The molecule has 0 N–H and O–H groups in total. The summed E-state index contributed by atoms with van der Waals surface area (Å²) in [4.78, 5) is 0. The molecule has 0 heterocycles. The molecule has 0 aromatic rings. The Kier molecular flexibility index (Phi) is 19.1. The molecule has 0 radical (unpaired) electrons. The Balaban J connectivity index is 3.14. The fraction of sp³-hybridized carbons (Fsp3) is 1.00. The van der Waals surface area contributed by atoms with Gasteiger partial charge in [-0.1, -0.05) is 103 Å². The summed E-state index contributed by atoms with van der Waals surface area (Å²) >= 11 is 0.